The summed E-state index contributed by atoms with van der Waals surface area (Å²) in [6, 6.07) is 5.60. The lowest BCUT2D eigenvalue weighted by Gasteiger charge is -2.18. The van der Waals surface area contributed by atoms with E-state index >= 15 is 0 Å². The van der Waals surface area contributed by atoms with Gasteiger partial charge in [0.1, 0.15) is 11.9 Å². The van der Waals surface area contributed by atoms with E-state index in [0.717, 1.165) is 15.8 Å². The van der Waals surface area contributed by atoms with Crippen molar-refractivity contribution in [1.82, 2.24) is 5.32 Å². The molecule has 0 aliphatic rings. The molecule has 4 nitrogen and oxygen atoms in total. The smallest absolute Gasteiger partial charge is 0.249 e. The van der Waals surface area contributed by atoms with Crippen molar-refractivity contribution in [3.63, 3.8) is 0 Å². The Morgan fingerprint density at radius 3 is 2.75 bits per heavy atom. The van der Waals surface area contributed by atoms with E-state index in [2.05, 4.69) is 27.8 Å². The van der Waals surface area contributed by atoms with Crippen LogP contribution >= 0.6 is 15.9 Å². The number of amides is 1. The summed E-state index contributed by atoms with van der Waals surface area (Å²) in [5.74, 6) is 0.612. The van der Waals surface area contributed by atoms with Gasteiger partial charge in [-0.3, -0.25) is 4.79 Å². The third-order valence-electron chi connectivity index (χ3n) is 2.87. The Morgan fingerprint density at radius 1 is 1.50 bits per heavy atom. The Labute approximate surface area is 128 Å². The first-order valence-corrected chi connectivity index (χ1v) is 7.15. The third kappa shape index (κ3) is 4.65. The molecule has 1 amide bonds. The van der Waals surface area contributed by atoms with Crippen LogP contribution in [0.15, 0.2) is 35.3 Å². The SMILES string of the molecule is C=CCO[C@H](C)C(=O)N[C@@H](C)c1ccc(OC)c(Br)c1. The van der Waals surface area contributed by atoms with E-state index in [1.807, 2.05) is 25.1 Å². The van der Waals surface area contributed by atoms with Crippen LogP contribution in [0.1, 0.15) is 25.5 Å². The monoisotopic (exact) mass is 341 g/mol. The fraction of sp³-hybridized carbons (Fsp3) is 0.400. The molecule has 1 aromatic rings. The molecule has 2 atom stereocenters. The van der Waals surface area contributed by atoms with Gasteiger partial charge in [-0.25, -0.2) is 0 Å². The van der Waals surface area contributed by atoms with Crippen molar-refractivity contribution in [2.24, 2.45) is 0 Å². The number of carbonyl (C=O) groups is 1. The molecule has 0 heterocycles. The summed E-state index contributed by atoms with van der Waals surface area (Å²) in [7, 11) is 1.61. The van der Waals surface area contributed by atoms with Crippen LogP contribution in [-0.2, 0) is 9.53 Å². The number of halogens is 1. The van der Waals surface area contributed by atoms with Crippen molar-refractivity contribution in [1.29, 1.82) is 0 Å². The van der Waals surface area contributed by atoms with Gasteiger partial charge in [-0.15, -0.1) is 6.58 Å². The number of hydrogen-bond acceptors (Lipinski definition) is 3. The highest BCUT2D eigenvalue weighted by Crippen LogP contribution is 2.27. The van der Waals surface area contributed by atoms with Crippen molar-refractivity contribution in [2.75, 3.05) is 13.7 Å². The molecule has 1 rings (SSSR count). The second-order valence-corrected chi connectivity index (χ2v) is 5.24. The standard InChI is InChI=1S/C15H20BrNO3/c1-5-8-20-11(3)15(18)17-10(2)12-6-7-14(19-4)13(16)9-12/h5-7,9-11H,1,8H2,2-4H3,(H,17,18)/t10-,11+/m0/s1. The highest BCUT2D eigenvalue weighted by atomic mass is 79.9. The molecule has 0 radical (unpaired) electrons. The maximum absolute atomic E-state index is 11.9. The number of methoxy groups -OCH3 is 1. The molecular formula is C15H20BrNO3. The van der Waals surface area contributed by atoms with E-state index in [-0.39, 0.29) is 11.9 Å². The molecular weight excluding hydrogens is 322 g/mol. The van der Waals surface area contributed by atoms with Gasteiger partial charge in [-0.2, -0.15) is 0 Å². The second kappa shape index (κ2) is 8.07. The van der Waals surface area contributed by atoms with E-state index in [1.54, 1.807) is 20.1 Å². The minimum Gasteiger partial charge on any atom is -0.496 e. The zero-order valence-corrected chi connectivity index (χ0v) is 13.6. The summed E-state index contributed by atoms with van der Waals surface area (Å²) < 4.78 is 11.3. The van der Waals surface area contributed by atoms with E-state index in [4.69, 9.17) is 9.47 Å². The van der Waals surface area contributed by atoms with Crippen LogP contribution in [0.5, 0.6) is 5.75 Å². The Kier molecular flexibility index (Phi) is 6.75. The average molecular weight is 342 g/mol. The van der Waals surface area contributed by atoms with Gasteiger partial charge in [0.15, 0.2) is 0 Å². The largest absolute Gasteiger partial charge is 0.496 e. The predicted octanol–water partition coefficient (Wildman–Crippen LogP) is 3.23. The summed E-state index contributed by atoms with van der Waals surface area (Å²) in [5.41, 5.74) is 0.988. The first-order chi connectivity index (χ1) is 9.49. The molecule has 0 saturated carbocycles. The van der Waals surface area contributed by atoms with E-state index in [0.29, 0.717) is 6.61 Å². The highest BCUT2D eigenvalue weighted by Gasteiger charge is 2.16. The number of hydrogen-bond donors (Lipinski definition) is 1. The summed E-state index contributed by atoms with van der Waals surface area (Å²) in [6.07, 6.45) is 1.12. The molecule has 0 aliphatic heterocycles. The van der Waals surface area contributed by atoms with Crippen LogP contribution in [-0.4, -0.2) is 25.7 Å². The van der Waals surface area contributed by atoms with Gasteiger partial charge in [0.2, 0.25) is 5.91 Å². The van der Waals surface area contributed by atoms with E-state index < -0.39 is 6.10 Å². The Morgan fingerprint density at radius 2 is 2.20 bits per heavy atom. The van der Waals surface area contributed by atoms with Gasteiger partial charge in [-0.1, -0.05) is 12.1 Å². The molecule has 5 heteroatoms. The van der Waals surface area contributed by atoms with Crippen molar-refractivity contribution in [3.05, 3.63) is 40.9 Å². The van der Waals surface area contributed by atoms with Crippen LogP contribution in [0.2, 0.25) is 0 Å². The van der Waals surface area contributed by atoms with Crippen LogP contribution in [0.3, 0.4) is 0 Å². The number of ether oxygens (including phenoxy) is 2. The molecule has 110 valence electrons. The molecule has 0 unspecified atom stereocenters. The minimum atomic E-state index is -0.503. The fourth-order valence-electron chi connectivity index (χ4n) is 1.65. The lowest BCUT2D eigenvalue weighted by Crippen LogP contribution is -2.36. The zero-order valence-electron chi connectivity index (χ0n) is 12.0. The van der Waals surface area contributed by atoms with Crippen LogP contribution in [0.4, 0.5) is 0 Å². The van der Waals surface area contributed by atoms with Crippen molar-refractivity contribution in [3.8, 4) is 5.75 Å². The molecule has 1 aromatic carbocycles. The summed E-state index contributed by atoms with van der Waals surface area (Å²) >= 11 is 3.43. The highest BCUT2D eigenvalue weighted by molar-refractivity contribution is 9.10. The zero-order chi connectivity index (χ0) is 15.1. The van der Waals surface area contributed by atoms with Crippen LogP contribution in [0, 0.1) is 0 Å². The van der Waals surface area contributed by atoms with Gasteiger partial charge in [0.05, 0.1) is 24.2 Å². The maximum atomic E-state index is 11.9. The van der Waals surface area contributed by atoms with Crippen LogP contribution in [0.25, 0.3) is 0 Å². The molecule has 0 bridgehead atoms. The van der Waals surface area contributed by atoms with Gasteiger partial charge >= 0.3 is 0 Å². The lowest BCUT2D eigenvalue weighted by molar-refractivity contribution is -0.131. The van der Waals surface area contributed by atoms with Gasteiger partial charge < -0.3 is 14.8 Å². The fourth-order valence-corrected chi connectivity index (χ4v) is 2.21. The minimum absolute atomic E-state index is 0.112. The molecule has 0 aromatic heterocycles. The van der Waals surface area contributed by atoms with E-state index in [9.17, 15) is 4.79 Å². The quantitative estimate of drug-likeness (QED) is 0.774. The molecule has 0 spiro atoms. The molecule has 0 saturated heterocycles. The Balaban J connectivity index is 2.66. The van der Waals surface area contributed by atoms with Gasteiger partial charge in [0, 0.05) is 0 Å². The third-order valence-corrected chi connectivity index (χ3v) is 3.49. The predicted molar refractivity (Wildman–Crippen MR) is 82.9 cm³/mol. The molecule has 20 heavy (non-hydrogen) atoms. The summed E-state index contributed by atoms with van der Waals surface area (Å²) in [4.78, 5) is 11.9. The number of carbonyl (C=O) groups excluding carboxylic acids is 1. The van der Waals surface area contributed by atoms with Crippen molar-refractivity contribution < 1.29 is 14.3 Å². The van der Waals surface area contributed by atoms with E-state index in [1.165, 1.54) is 0 Å². The lowest BCUT2D eigenvalue weighted by atomic mass is 10.1. The Hall–Kier alpha value is -1.33. The van der Waals surface area contributed by atoms with Crippen molar-refractivity contribution >= 4 is 21.8 Å². The summed E-state index contributed by atoms with van der Waals surface area (Å²) in [6.45, 7) is 7.55. The molecule has 0 fully saturated rings. The average Bonchev–Trinajstić information content (AvgIpc) is 2.44. The number of rotatable bonds is 7. The Bertz CT molecular complexity index is 476. The second-order valence-electron chi connectivity index (χ2n) is 4.39. The first-order valence-electron chi connectivity index (χ1n) is 6.36. The number of nitrogens with one attached hydrogen (secondary N) is 1. The van der Waals surface area contributed by atoms with Crippen LogP contribution < -0.4 is 10.1 Å². The van der Waals surface area contributed by atoms with Gasteiger partial charge in [0.25, 0.3) is 0 Å². The first kappa shape index (κ1) is 16.7. The number of benzene rings is 1. The summed E-state index contributed by atoms with van der Waals surface area (Å²) in [5, 5.41) is 2.91. The van der Waals surface area contributed by atoms with Crippen molar-refractivity contribution in [2.45, 2.75) is 26.0 Å². The molecule has 1 N–H and O–H groups in total. The van der Waals surface area contributed by atoms with Gasteiger partial charge in [-0.05, 0) is 47.5 Å². The molecule has 0 aliphatic carbocycles. The topological polar surface area (TPSA) is 47.6 Å². The normalized spacial score (nSPS) is 13.4. The maximum Gasteiger partial charge on any atom is 0.249 e.